The number of nitrogens with one attached hydrogen (secondary N) is 1. The summed E-state index contributed by atoms with van der Waals surface area (Å²) in [4.78, 5) is 35.3. The van der Waals surface area contributed by atoms with E-state index in [-0.39, 0.29) is 23.1 Å². The topological polar surface area (TPSA) is 75.7 Å². The minimum Gasteiger partial charge on any atom is -0.455 e. The first kappa shape index (κ1) is 18.9. The van der Waals surface area contributed by atoms with Gasteiger partial charge in [-0.15, -0.1) is 11.8 Å². The van der Waals surface area contributed by atoms with Crippen molar-refractivity contribution in [2.24, 2.45) is 0 Å². The van der Waals surface area contributed by atoms with Crippen molar-refractivity contribution in [2.75, 3.05) is 33.0 Å². The number of amides is 2. The average Bonchev–Trinajstić information content (AvgIpc) is 2.51. The van der Waals surface area contributed by atoms with Gasteiger partial charge in [0.1, 0.15) is 11.6 Å². The fourth-order valence-corrected chi connectivity index (χ4v) is 2.05. The Balaban J connectivity index is 2.30. The van der Waals surface area contributed by atoms with Crippen LogP contribution in [0, 0.1) is 11.6 Å². The third-order valence-electron chi connectivity index (χ3n) is 2.54. The molecule has 1 aromatic rings. The first-order chi connectivity index (χ1) is 10.8. The van der Waals surface area contributed by atoms with E-state index in [1.165, 1.54) is 19.0 Å². The van der Waals surface area contributed by atoms with Crippen molar-refractivity contribution in [1.82, 2.24) is 10.2 Å². The highest BCUT2D eigenvalue weighted by molar-refractivity contribution is 8.00. The summed E-state index contributed by atoms with van der Waals surface area (Å²) in [5.74, 6) is -3.23. The minimum absolute atomic E-state index is 0.0250. The molecule has 0 spiro atoms. The predicted molar refractivity (Wildman–Crippen MR) is 79.7 cm³/mol. The fraction of sp³-hybridized carbons (Fsp3) is 0.357. The summed E-state index contributed by atoms with van der Waals surface area (Å²) in [6.45, 7) is -0.752. The Kier molecular flexibility index (Phi) is 7.46. The van der Waals surface area contributed by atoms with Crippen molar-refractivity contribution in [3.63, 3.8) is 0 Å². The van der Waals surface area contributed by atoms with Crippen LogP contribution in [-0.4, -0.2) is 55.7 Å². The number of halogens is 2. The summed E-state index contributed by atoms with van der Waals surface area (Å²) in [5, 5.41) is 2.29. The summed E-state index contributed by atoms with van der Waals surface area (Å²) in [6.07, 6.45) is 0. The zero-order valence-electron chi connectivity index (χ0n) is 12.6. The lowest BCUT2D eigenvalue weighted by atomic mass is 10.3. The lowest BCUT2D eigenvalue weighted by molar-refractivity contribution is -0.146. The molecule has 0 heterocycles. The number of thioether (sulfide) groups is 1. The Labute approximate surface area is 136 Å². The average molecular weight is 346 g/mol. The van der Waals surface area contributed by atoms with Crippen LogP contribution in [0.3, 0.4) is 0 Å². The van der Waals surface area contributed by atoms with Crippen molar-refractivity contribution >= 4 is 29.5 Å². The Morgan fingerprint density at radius 1 is 1.26 bits per heavy atom. The van der Waals surface area contributed by atoms with E-state index in [4.69, 9.17) is 0 Å². The first-order valence-corrected chi connectivity index (χ1v) is 7.48. The third kappa shape index (κ3) is 7.09. The van der Waals surface area contributed by atoms with Crippen molar-refractivity contribution in [3.8, 4) is 0 Å². The highest BCUT2D eigenvalue weighted by Crippen LogP contribution is 2.22. The number of benzene rings is 1. The number of carbonyl (C=O) groups excluding carboxylic acids is 3. The molecule has 0 aliphatic heterocycles. The molecule has 0 aromatic heterocycles. The summed E-state index contributed by atoms with van der Waals surface area (Å²) >= 11 is 0.761. The number of hydrogen-bond donors (Lipinski definition) is 1. The second-order valence-corrected chi connectivity index (χ2v) is 5.61. The van der Waals surface area contributed by atoms with Crippen LogP contribution in [0.15, 0.2) is 23.1 Å². The van der Waals surface area contributed by atoms with Gasteiger partial charge in [0.05, 0.1) is 12.3 Å². The second kappa shape index (κ2) is 9.09. The molecule has 0 saturated carbocycles. The van der Waals surface area contributed by atoms with E-state index in [2.05, 4.69) is 10.1 Å². The van der Waals surface area contributed by atoms with Crippen molar-refractivity contribution in [2.45, 2.75) is 4.90 Å². The molecule has 126 valence electrons. The van der Waals surface area contributed by atoms with Crippen LogP contribution in [0.1, 0.15) is 0 Å². The van der Waals surface area contributed by atoms with Gasteiger partial charge in [0.2, 0.25) is 5.91 Å². The Hall–Kier alpha value is -2.16. The van der Waals surface area contributed by atoms with Gasteiger partial charge in [0, 0.05) is 19.0 Å². The van der Waals surface area contributed by atoms with Crippen LogP contribution in [0.25, 0.3) is 0 Å². The van der Waals surface area contributed by atoms with E-state index >= 15 is 0 Å². The number of rotatable bonds is 7. The van der Waals surface area contributed by atoms with Crippen molar-refractivity contribution in [1.29, 1.82) is 0 Å². The molecule has 0 atom stereocenters. The number of ether oxygens (including phenoxy) is 1. The fourth-order valence-electron chi connectivity index (χ4n) is 1.30. The number of carbonyl (C=O) groups is 3. The van der Waals surface area contributed by atoms with Crippen molar-refractivity contribution < 1.29 is 27.9 Å². The molecule has 0 unspecified atom stereocenters. The molecule has 0 aliphatic rings. The van der Waals surface area contributed by atoms with Crippen LogP contribution < -0.4 is 5.32 Å². The predicted octanol–water partition coefficient (Wildman–Crippen LogP) is 0.804. The SMILES string of the molecule is CN(C)C(=O)CNC(=O)COC(=O)CSc1cc(F)ccc1F. The molecule has 0 bridgehead atoms. The van der Waals surface area contributed by atoms with Gasteiger partial charge >= 0.3 is 5.97 Å². The summed E-state index contributed by atoms with van der Waals surface area (Å²) < 4.78 is 31.0. The normalized spacial score (nSPS) is 10.1. The van der Waals surface area contributed by atoms with Gasteiger partial charge in [0.15, 0.2) is 6.61 Å². The van der Waals surface area contributed by atoms with Crippen LogP contribution in [-0.2, 0) is 19.1 Å². The molecule has 23 heavy (non-hydrogen) atoms. The van der Waals surface area contributed by atoms with Gasteiger partial charge in [-0.1, -0.05) is 0 Å². The van der Waals surface area contributed by atoms with E-state index in [1.54, 1.807) is 0 Å². The van der Waals surface area contributed by atoms with Gasteiger partial charge < -0.3 is 15.0 Å². The zero-order valence-corrected chi connectivity index (χ0v) is 13.4. The van der Waals surface area contributed by atoms with Crippen LogP contribution >= 0.6 is 11.8 Å². The quantitative estimate of drug-likeness (QED) is 0.584. The maximum atomic E-state index is 13.3. The van der Waals surface area contributed by atoms with Gasteiger partial charge in [0.25, 0.3) is 5.91 Å². The smallest absolute Gasteiger partial charge is 0.316 e. The van der Waals surface area contributed by atoms with Gasteiger partial charge in [-0.3, -0.25) is 14.4 Å². The number of nitrogens with zero attached hydrogens (tertiary/aromatic N) is 1. The van der Waals surface area contributed by atoms with Crippen molar-refractivity contribution in [3.05, 3.63) is 29.8 Å². The van der Waals surface area contributed by atoms with E-state index in [9.17, 15) is 23.2 Å². The monoisotopic (exact) mass is 346 g/mol. The Bertz CT molecular complexity index is 596. The molecule has 1 aromatic carbocycles. The number of hydrogen-bond acceptors (Lipinski definition) is 5. The molecule has 2 amide bonds. The van der Waals surface area contributed by atoms with Gasteiger partial charge in [-0.25, -0.2) is 8.78 Å². The molecule has 1 N–H and O–H groups in total. The van der Waals surface area contributed by atoms with E-state index < -0.39 is 30.1 Å². The zero-order chi connectivity index (χ0) is 17.4. The van der Waals surface area contributed by atoms with Gasteiger partial charge in [-0.2, -0.15) is 0 Å². The number of esters is 1. The van der Waals surface area contributed by atoms with E-state index in [0.29, 0.717) is 0 Å². The molecular formula is C14H16F2N2O4S. The third-order valence-corrected chi connectivity index (χ3v) is 3.54. The molecule has 0 aliphatic carbocycles. The molecule has 1 rings (SSSR count). The van der Waals surface area contributed by atoms with Crippen LogP contribution in [0.4, 0.5) is 8.78 Å². The lowest BCUT2D eigenvalue weighted by Gasteiger charge is -2.11. The molecule has 0 saturated heterocycles. The lowest BCUT2D eigenvalue weighted by Crippen LogP contribution is -2.38. The largest absolute Gasteiger partial charge is 0.455 e. The van der Waals surface area contributed by atoms with Crippen LogP contribution in [0.2, 0.25) is 0 Å². The Morgan fingerprint density at radius 2 is 1.96 bits per heavy atom. The number of likely N-dealkylation sites (N-methyl/N-ethyl adjacent to an activating group) is 1. The molecule has 9 heteroatoms. The maximum Gasteiger partial charge on any atom is 0.316 e. The standard InChI is InChI=1S/C14H16F2N2O4S/c1-18(2)13(20)6-17-12(19)7-22-14(21)8-23-11-5-9(15)3-4-10(11)16/h3-5H,6-8H2,1-2H3,(H,17,19). The minimum atomic E-state index is -0.757. The van der Waals surface area contributed by atoms with E-state index in [0.717, 1.165) is 30.0 Å². The molecule has 6 nitrogen and oxygen atoms in total. The maximum absolute atomic E-state index is 13.3. The molecular weight excluding hydrogens is 330 g/mol. The first-order valence-electron chi connectivity index (χ1n) is 6.50. The summed E-state index contributed by atoms with van der Waals surface area (Å²) in [5.41, 5.74) is 0. The summed E-state index contributed by atoms with van der Waals surface area (Å²) in [7, 11) is 3.08. The highest BCUT2D eigenvalue weighted by Gasteiger charge is 2.12. The molecule has 0 radical (unpaired) electrons. The highest BCUT2D eigenvalue weighted by atomic mass is 32.2. The van der Waals surface area contributed by atoms with Gasteiger partial charge in [-0.05, 0) is 18.2 Å². The molecule has 0 fully saturated rings. The second-order valence-electron chi connectivity index (χ2n) is 4.59. The van der Waals surface area contributed by atoms with E-state index in [1.807, 2.05) is 0 Å². The Morgan fingerprint density at radius 3 is 2.61 bits per heavy atom. The summed E-state index contributed by atoms with van der Waals surface area (Å²) in [6, 6.07) is 2.89. The van der Waals surface area contributed by atoms with Crippen LogP contribution in [0.5, 0.6) is 0 Å².